The number of carbonyl (C=O) groups is 1. The molecule has 162 valence electrons. The highest BCUT2D eigenvalue weighted by Crippen LogP contribution is 2.25. The van der Waals surface area contributed by atoms with Crippen LogP contribution in [0.1, 0.15) is 23.2 Å². The molecule has 5 rings (SSSR count). The Labute approximate surface area is 186 Å². The Bertz CT molecular complexity index is 1240. The molecule has 0 spiro atoms. The van der Waals surface area contributed by atoms with E-state index in [0.717, 1.165) is 53.7 Å². The zero-order valence-electron chi connectivity index (χ0n) is 17.9. The zero-order chi connectivity index (χ0) is 21.9. The van der Waals surface area contributed by atoms with Crippen LogP contribution in [0.15, 0.2) is 67.3 Å². The fraction of sp³-hybridized carbons (Fsp3) is 0.240. The van der Waals surface area contributed by atoms with Crippen LogP contribution in [-0.4, -0.2) is 39.6 Å². The Balaban J connectivity index is 1.30. The second-order valence-electron chi connectivity index (χ2n) is 8.07. The van der Waals surface area contributed by atoms with Gasteiger partial charge in [-0.05, 0) is 67.7 Å². The predicted molar refractivity (Wildman–Crippen MR) is 125 cm³/mol. The largest absolute Gasteiger partial charge is 0.490 e. The van der Waals surface area contributed by atoms with Crippen molar-refractivity contribution in [3.05, 3.63) is 72.8 Å². The number of anilines is 1. The number of imidazole rings is 1. The quantitative estimate of drug-likeness (QED) is 0.503. The van der Waals surface area contributed by atoms with Gasteiger partial charge in [0.25, 0.3) is 5.91 Å². The number of aromatic nitrogens is 3. The van der Waals surface area contributed by atoms with Crippen LogP contribution < -0.4 is 15.4 Å². The summed E-state index contributed by atoms with van der Waals surface area (Å²) < 4.78 is 7.99. The van der Waals surface area contributed by atoms with Crippen molar-refractivity contribution in [2.45, 2.75) is 18.9 Å². The van der Waals surface area contributed by atoms with Crippen molar-refractivity contribution in [2.24, 2.45) is 7.05 Å². The van der Waals surface area contributed by atoms with Crippen LogP contribution in [0.4, 0.5) is 5.82 Å². The number of hydrogen-bond acceptors (Lipinski definition) is 5. The molecule has 0 bridgehead atoms. The zero-order valence-corrected chi connectivity index (χ0v) is 17.9. The maximum Gasteiger partial charge on any atom is 0.256 e. The summed E-state index contributed by atoms with van der Waals surface area (Å²) >= 11 is 0. The molecule has 1 aliphatic heterocycles. The summed E-state index contributed by atoms with van der Waals surface area (Å²) in [7, 11) is 1.97. The number of hydrogen-bond donors (Lipinski definition) is 2. The molecule has 1 aliphatic rings. The van der Waals surface area contributed by atoms with Gasteiger partial charge in [0.15, 0.2) is 0 Å². The first-order chi connectivity index (χ1) is 15.7. The lowest BCUT2D eigenvalue weighted by atomic mass is 10.1. The number of fused-ring (bicyclic) bond motifs is 1. The maximum absolute atomic E-state index is 12.7. The van der Waals surface area contributed by atoms with E-state index in [1.807, 2.05) is 48.1 Å². The minimum atomic E-state index is -0.201. The SMILES string of the molecule is Cn1cncc1-c1ccc2cnc(NC(=O)c3ccc(OC4CCNCC4)cc3)cc2c1. The number of nitrogens with one attached hydrogen (secondary N) is 2. The summed E-state index contributed by atoms with van der Waals surface area (Å²) in [6, 6.07) is 15.3. The topological polar surface area (TPSA) is 81.1 Å². The van der Waals surface area contributed by atoms with Gasteiger partial charge >= 0.3 is 0 Å². The third-order valence-electron chi connectivity index (χ3n) is 5.78. The fourth-order valence-corrected chi connectivity index (χ4v) is 3.98. The standard InChI is InChI=1S/C25H25N5O2/c1-30-16-27-15-23(30)18-2-3-19-14-28-24(13-20(19)12-18)29-25(31)17-4-6-21(7-5-17)32-22-8-10-26-11-9-22/h2-7,12-16,22,26H,8-11H2,1H3,(H,28,29,31). The first-order valence-corrected chi connectivity index (χ1v) is 10.8. The van der Waals surface area contributed by atoms with E-state index in [-0.39, 0.29) is 12.0 Å². The van der Waals surface area contributed by atoms with Gasteiger partial charge in [0.05, 0.1) is 18.2 Å². The van der Waals surface area contributed by atoms with Crippen LogP contribution >= 0.6 is 0 Å². The summed E-state index contributed by atoms with van der Waals surface area (Å²) in [5.74, 6) is 1.10. The van der Waals surface area contributed by atoms with Crippen molar-refractivity contribution in [1.82, 2.24) is 19.9 Å². The Morgan fingerprint density at radius 2 is 1.88 bits per heavy atom. The van der Waals surface area contributed by atoms with E-state index >= 15 is 0 Å². The van der Waals surface area contributed by atoms with Gasteiger partial charge in [0.1, 0.15) is 17.7 Å². The molecule has 1 saturated heterocycles. The molecule has 0 saturated carbocycles. The van der Waals surface area contributed by atoms with E-state index < -0.39 is 0 Å². The molecule has 7 heteroatoms. The average molecular weight is 428 g/mol. The first kappa shape index (κ1) is 20.2. The van der Waals surface area contributed by atoms with Crippen molar-refractivity contribution < 1.29 is 9.53 Å². The van der Waals surface area contributed by atoms with E-state index in [0.29, 0.717) is 11.4 Å². The summed E-state index contributed by atoms with van der Waals surface area (Å²) in [5, 5.41) is 8.24. The van der Waals surface area contributed by atoms with E-state index in [9.17, 15) is 4.79 Å². The number of piperidine rings is 1. The minimum absolute atomic E-state index is 0.201. The van der Waals surface area contributed by atoms with Crippen LogP contribution in [0.2, 0.25) is 0 Å². The molecule has 4 aromatic rings. The molecule has 1 amide bonds. The molecule has 1 fully saturated rings. The second-order valence-corrected chi connectivity index (χ2v) is 8.07. The van der Waals surface area contributed by atoms with E-state index in [1.165, 1.54) is 0 Å². The Hall–Kier alpha value is -3.71. The van der Waals surface area contributed by atoms with Crippen molar-refractivity contribution in [3.8, 4) is 17.0 Å². The number of pyridine rings is 1. The van der Waals surface area contributed by atoms with Crippen molar-refractivity contribution >= 4 is 22.5 Å². The number of carbonyl (C=O) groups excluding carboxylic acids is 1. The third-order valence-corrected chi connectivity index (χ3v) is 5.78. The number of nitrogens with zero attached hydrogens (tertiary/aromatic N) is 3. The van der Waals surface area contributed by atoms with Gasteiger partial charge in [-0.1, -0.05) is 12.1 Å². The number of benzene rings is 2. The predicted octanol–water partition coefficient (Wildman–Crippen LogP) is 4.02. The summed E-state index contributed by atoms with van der Waals surface area (Å²) in [4.78, 5) is 21.3. The van der Waals surface area contributed by atoms with Gasteiger partial charge in [-0.15, -0.1) is 0 Å². The van der Waals surface area contributed by atoms with Gasteiger partial charge in [0.2, 0.25) is 0 Å². The second kappa shape index (κ2) is 8.80. The van der Waals surface area contributed by atoms with Crippen LogP contribution in [0.25, 0.3) is 22.0 Å². The molecule has 7 nitrogen and oxygen atoms in total. The van der Waals surface area contributed by atoms with E-state index in [4.69, 9.17) is 4.74 Å². The number of ether oxygens (including phenoxy) is 1. The molecule has 32 heavy (non-hydrogen) atoms. The van der Waals surface area contributed by atoms with Gasteiger partial charge in [-0.25, -0.2) is 9.97 Å². The monoisotopic (exact) mass is 427 g/mol. The van der Waals surface area contributed by atoms with Crippen LogP contribution in [-0.2, 0) is 7.05 Å². The van der Waals surface area contributed by atoms with E-state index in [2.05, 4.69) is 26.7 Å². The smallest absolute Gasteiger partial charge is 0.256 e. The van der Waals surface area contributed by atoms with Crippen LogP contribution in [0.5, 0.6) is 5.75 Å². The molecule has 2 aromatic heterocycles. The van der Waals surface area contributed by atoms with Crippen LogP contribution in [0, 0.1) is 0 Å². The van der Waals surface area contributed by atoms with Gasteiger partial charge in [-0.2, -0.15) is 0 Å². The average Bonchev–Trinajstić information content (AvgIpc) is 3.25. The van der Waals surface area contributed by atoms with Crippen molar-refractivity contribution in [2.75, 3.05) is 18.4 Å². The lowest BCUT2D eigenvalue weighted by Crippen LogP contribution is -2.34. The minimum Gasteiger partial charge on any atom is -0.490 e. The Morgan fingerprint density at radius 3 is 2.62 bits per heavy atom. The Morgan fingerprint density at radius 1 is 1.06 bits per heavy atom. The highest BCUT2D eigenvalue weighted by atomic mass is 16.5. The lowest BCUT2D eigenvalue weighted by molar-refractivity contribution is 0.102. The summed E-state index contributed by atoms with van der Waals surface area (Å²) in [5.41, 5.74) is 2.65. The molecule has 0 atom stereocenters. The molecular formula is C25H25N5O2. The number of amides is 1. The number of rotatable bonds is 5. The highest BCUT2D eigenvalue weighted by Gasteiger charge is 2.15. The van der Waals surface area contributed by atoms with Gasteiger partial charge in [-0.3, -0.25) is 4.79 Å². The normalized spacial score (nSPS) is 14.4. The Kier molecular flexibility index (Phi) is 5.56. The van der Waals surface area contributed by atoms with Gasteiger partial charge < -0.3 is 19.9 Å². The summed E-state index contributed by atoms with van der Waals surface area (Å²) in [6.07, 6.45) is 7.61. The molecule has 2 N–H and O–H groups in total. The van der Waals surface area contributed by atoms with Crippen LogP contribution in [0.3, 0.4) is 0 Å². The molecule has 3 heterocycles. The summed E-state index contributed by atoms with van der Waals surface area (Å²) in [6.45, 7) is 1.96. The van der Waals surface area contributed by atoms with Crippen molar-refractivity contribution in [1.29, 1.82) is 0 Å². The van der Waals surface area contributed by atoms with Gasteiger partial charge in [0, 0.05) is 29.8 Å². The first-order valence-electron chi connectivity index (χ1n) is 10.8. The fourth-order valence-electron chi connectivity index (χ4n) is 3.98. The van der Waals surface area contributed by atoms with E-state index in [1.54, 1.807) is 24.7 Å². The molecule has 2 aromatic carbocycles. The molecule has 0 radical (unpaired) electrons. The third kappa shape index (κ3) is 4.33. The molecule has 0 aliphatic carbocycles. The molecular weight excluding hydrogens is 402 g/mol. The lowest BCUT2D eigenvalue weighted by Gasteiger charge is -2.23. The highest BCUT2D eigenvalue weighted by molar-refractivity contribution is 6.04. The van der Waals surface area contributed by atoms with Crippen molar-refractivity contribution in [3.63, 3.8) is 0 Å². The number of aryl methyl sites for hydroxylation is 1. The molecule has 0 unspecified atom stereocenters. The maximum atomic E-state index is 12.7.